The molecule has 6 nitrogen and oxygen atoms in total. The zero-order chi connectivity index (χ0) is 22.8. The van der Waals surface area contributed by atoms with Crippen LogP contribution in [0.25, 0.3) is 0 Å². The van der Waals surface area contributed by atoms with Gasteiger partial charge in [-0.15, -0.1) is 0 Å². The molecule has 2 aromatic rings. The van der Waals surface area contributed by atoms with Gasteiger partial charge in [0, 0.05) is 38.9 Å². The molecule has 4 rings (SSSR count). The SMILES string of the molecule is COc1ccc(CNC(=O)N2CCC3(CC2)CC(c2ccc(C(F)(F)F)cc2)=NO3)cc1. The molecule has 0 aromatic heterocycles. The number of hydrogen-bond acceptors (Lipinski definition) is 4. The third kappa shape index (κ3) is 4.81. The molecule has 0 bridgehead atoms. The zero-order valence-electron chi connectivity index (χ0n) is 17.6. The molecule has 1 fully saturated rings. The summed E-state index contributed by atoms with van der Waals surface area (Å²) in [5, 5.41) is 7.06. The molecule has 2 amide bonds. The van der Waals surface area contributed by atoms with Crippen LogP contribution in [0.1, 0.15) is 36.0 Å². The van der Waals surface area contributed by atoms with Crippen LogP contribution < -0.4 is 10.1 Å². The minimum atomic E-state index is -4.37. The van der Waals surface area contributed by atoms with Gasteiger partial charge in [0.25, 0.3) is 0 Å². The highest BCUT2D eigenvalue weighted by Crippen LogP contribution is 2.37. The van der Waals surface area contributed by atoms with Crippen LogP contribution in [0.5, 0.6) is 5.75 Å². The lowest BCUT2D eigenvalue weighted by Gasteiger charge is -2.37. The fourth-order valence-electron chi connectivity index (χ4n) is 3.95. The van der Waals surface area contributed by atoms with E-state index in [1.54, 1.807) is 12.0 Å². The smallest absolute Gasteiger partial charge is 0.416 e. The Morgan fingerprint density at radius 1 is 1.12 bits per heavy atom. The van der Waals surface area contributed by atoms with E-state index in [-0.39, 0.29) is 6.03 Å². The van der Waals surface area contributed by atoms with Crippen LogP contribution in [0.3, 0.4) is 0 Å². The maximum atomic E-state index is 12.8. The number of piperidine rings is 1. The van der Waals surface area contributed by atoms with Crippen molar-refractivity contribution in [2.75, 3.05) is 20.2 Å². The van der Waals surface area contributed by atoms with Crippen molar-refractivity contribution >= 4 is 11.7 Å². The summed E-state index contributed by atoms with van der Waals surface area (Å²) in [6, 6.07) is 12.3. The van der Waals surface area contributed by atoms with Crippen LogP contribution in [-0.4, -0.2) is 42.4 Å². The van der Waals surface area contributed by atoms with E-state index >= 15 is 0 Å². The Balaban J connectivity index is 1.27. The molecule has 0 aliphatic carbocycles. The molecule has 1 N–H and O–H groups in total. The molecule has 2 heterocycles. The van der Waals surface area contributed by atoms with Gasteiger partial charge in [0.1, 0.15) is 11.4 Å². The summed E-state index contributed by atoms with van der Waals surface area (Å²) in [5.41, 5.74) is 1.03. The molecule has 9 heteroatoms. The number of hydrogen-bond donors (Lipinski definition) is 1. The Morgan fingerprint density at radius 2 is 1.78 bits per heavy atom. The number of urea groups is 1. The van der Waals surface area contributed by atoms with Crippen LogP contribution in [0.15, 0.2) is 53.7 Å². The molecule has 0 atom stereocenters. The summed E-state index contributed by atoms with van der Waals surface area (Å²) in [5.74, 6) is 0.760. The summed E-state index contributed by atoms with van der Waals surface area (Å²) in [7, 11) is 1.60. The first-order valence-corrected chi connectivity index (χ1v) is 10.4. The number of ether oxygens (including phenoxy) is 1. The number of likely N-dealkylation sites (tertiary alicyclic amines) is 1. The third-order valence-corrected chi connectivity index (χ3v) is 5.95. The zero-order valence-corrected chi connectivity index (χ0v) is 17.6. The van der Waals surface area contributed by atoms with Gasteiger partial charge in [0.05, 0.1) is 18.4 Å². The topological polar surface area (TPSA) is 63.2 Å². The normalized spacial score (nSPS) is 17.6. The van der Waals surface area contributed by atoms with Gasteiger partial charge in [-0.25, -0.2) is 4.79 Å². The van der Waals surface area contributed by atoms with E-state index in [0.29, 0.717) is 50.2 Å². The predicted octanol–water partition coefficient (Wildman–Crippen LogP) is 4.58. The average Bonchev–Trinajstić information content (AvgIpc) is 3.21. The summed E-state index contributed by atoms with van der Waals surface area (Å²) in [4.78, 5) is 20.0. The maximum Gasteiger partial charge on any atom is 0.416 e. The van der Waals surface area contributed by atoms with E-state index in [1.807, 2.05) is 24.3 Å². The number of carbonyl (C=O) groups is 1. The van der Waals surface area contributed by atoms with Crippen LogP contribution in [0.2, 0.25) is 0 Å². The molecule has 0 saturated carbocycles. The molecule has 2 aliphatic rings. The van der Waals surface area contributed by atoms with Crippen LogP contribution in [0, 0.1) is 0 Å². The van der Waals surface area contributed by atoms with Gasteiger partial charge in [-0.1, -0.05) is 29.4 Å². The summed E-state index contributed by atoms with van der Waals surface area (Å²) in [6.45, 7) is 1.46. The average molecular weight is 447 g/mol. The molecule has 2 aliphatic heterocycles. The summed E-state index contributed by atoms with van der Waals surface area (Å²) >= 11 is 0. The number of oxime groups is 1. The van der Waals surface area contributed by atoms with Crippen molar-refractivity contribution in [2.45, 2.75) is 37.6 Å². The molecule has 32 heavy (non-hydrogen) atoms. The van der Waals surface area contributed by atoms with E-state index in [9.17, 15) is 18.0 Å². The van der Waals surface area contributed by atoms with Crippen molar-refractivity contribution in [3.8, 4) is 5.75 Å². The van der Waals surface area contributed by atoms with Gasteiger partial charge in [-0.05, 0) is 35.4 Å². The van der Waals surface area contributed by atoms with Gasteiger partial charge in [0.2, 0.25) is 0 Å². The van der Waals surface area contributed by atoms with E-state index in [2.05, 4.69) is 10.5 Å². The number of carbonyl (C=O) groups excluding carboxylic acids is 1. The first-order chi connectivity index (χ1) is 15.3. The molecule has 1 spiro atoms. The molecule has 1 saturated heterocycles. The standard InChI is InChI=1S/C23H24F3N3O3/c1-31-19-8-2-16(3-9-19)15-27-21(30)29-12-10-22(11-13-29)14-20(28-32-22)17-4-6-18(7-5-17)23(24,25)26/h2-9H,10-15H2,1H3,(H,27,30). The highest BCUT2D eigenvalue weighted by Gasteiger charge is 2.43. The van der Waals surface area contributed by atoms with E-state index in [4.69, 9.17) is 9.57 Å². The quantitative estimate of drug-likeness (QED) is 0.746. The Bertz CT molecular complexity index is 980. The second-order valence-corrected chi connectivity index (χ2v) is 8.06. The number of benzene rings is 2. The van der Waals surface area contributed by atoms with Gasteiger partial charge in [0.15, 0.2) is 0 Å². The molecule has 0 unspecified atom stereocenters. The number of halogens is 3. The lowest BCUT2D eigenvalue weighted by atomic mass is 9.85. The largest absolute Gasteiger partial charge is 0.497 e. The molecular weight excluding hydrogens is 423 g/mol. The van der Waals surface area contributed by atoms with Crippen LogP contribution >= 0.6 is 0 Å². The fraction of sp³-hybridized carbons (Fsp3) is 0.391. The second kappa shape index (κ2) is 8.72. The van der Waals surface area contributed by atoms with Crippen molar-refractivity contribution in [1.29, 1.82) is 0 Å². The third-order valence-electron chi connectivity index (χ3n) is 5.95. The Morgan fingerprint density at radius 3 is 2.38 bits per heavy atom. The van der Waals surface area contributed by atoms with Crippen molar-refractivity contribution < 1.29 is 27.5 Å². The number of alkyl halides is 3. The summed E-state index contributed by atoms with van der Waals surface area (Å²) < 4.78 is 43.4. The summed E-state index contributed by atoms with van der Waals surface area (Å²) in [6.07, 6.45) is -2.64. The monoisotopic (exact) mass is 447 g/mol. The van der Waals surface area contributed by atoms with Gasteiger partial charge in [-0.3, -0.25) is 0 Å². The highest BCUT2D eigenvalue weighted by atomic mass is 19.4. The van der Waals surface area contributed by atoms with E-state index < -0.39 is 17.3 Å². The second-order valence-electron chi connectivity index (χ2n) is 8.06. The predicted molar refractivity (Wildman–Crippen MR) is 112 cm³/mol. The van der Waals surface area contributed by atoms with Gasteiger partial charge in [-0.2, -0.15) is 13.2 Å². The van der Waals surface area contributed by atoms with Gasteiger partial charge >= 0.3 is 12.2 Å². The highest BCUT2D eigenvalue weighted by molar-refractivity contribution is 6.01. The maximum absolute atomic E-state index is 12.8. The minimum Gasteiger partial charge on any atom is -0.497 e. The number of nitrogens with zero attached hydrogens (tertiary/aromatic N) is 2. The molecule has 0 radical (unpaired) electrons. The molecular formula is C23H24F3N3O3. The van der Waals surface area contributed by atoms with Gasteiger partial charge < -0.3 is 19.8 Å². The molecule has 2 aromatic carbocycles. The Kier molecular flexibility index (Phi) is 5.99. The Labute approximate surface area is 184 Å². The first-order valence-electron chi connectivity index (χ1n) is 10.4. The number of amides is 2. The lowest BCUT2D eigenvalue weighted by molar-refractivity contribution is -0.137. The van der Waals surface area contributed by atoms with Crippen molar-refractivity contribution in [3.05, 3.63) is 65.2 Å². The number of rotatable bonds is 4. The molecule has 170 valence electrons. The number of nitrogens with one attached hydrogen (secondary N) is 1. The lowest BCUT2D eigenvalue weighted by Crippen LogP contribution is -2.49. The first kappa shape index (κ1) is 22.0. The minimum absolute atomic E-state index is 0.141. The van der Waals surface area contributed by atoms with Crippen molar-refractivity contribution in [1.82, 2.24) is 10.2 Å². The van der Waals surface area contributed by atoms with E-state index in [0.717, 1.165) is 23.4 Å². The number of methoxy groups -OCH3 is 1. The van der Waals surface area contributed by atoms with Crippen LogP contribution in [0.4, 0.5) is 18.0 Å². The van der Waals surface area contributed by atoms with Crippen LogP contribution in [-0.2, 0) is 17.6 Å². The van der Waals surface area contributed by atoms with Crippen molar-refractivity contribution in [2.24, 2.45) is 5.16 Å². The Hall–Kier alpha value is -3.23. The van der Waals surface area contributed by atoms with Crippen molar-refractivity contribution in [3.63, 3.8) is 0 Å². The fourth-order valence-corrected chi connectivity index (χ4v) is 3.95. The van der Waals surface area contributed by atoms with E-state index in [1.165, 1.54) is 12.1 Å².